The lowest BCUT2D eigenvalue weighted by atomic mass is 9.60. The van der Waals surface area contributed by atoms with Gasteiger partial charge in [-0.25, -0.2) is 27.1 Å². The van der Waals surface area contributed by atoms with Crippen molar-refractivity contribution >= 4 is 10.0 Å². The number of hydrogen-bond acceptors (Lipinski definition) is 4. The lowest BCUT2D eigenvalue weighted by Gasteiger charge is -2.45. The second kappa shape index (κ2) is 7.87. The Bertz CT molecular complexity index is 936. The van der Waals surface area contributed by atoms with Crippen LogP contribution in [0.25, 0.3) is 0 Å². The van der Waals surface area contributed by atoms with Crippen LogP contribution in [0.15, 0.2) is 30.6 Å². The molecule has 1 atom stereocenters. The van der Waals surface area contributed by atoms with Gasteiger partial charge in [0.1, 0.15) is 12.1 Å². The Balaban J connectivity index is 2.16. The van der Waals surface area contributed by atoms with E-state index in [1.54, 1.807) is 18.5 Å². The molecule has 0 N–H and O–H groups in total. The molecule has 2 heterocycles. The van der Waals surface area contributed by atoms with E-state index in [9.17, 15) is 12.8 Å². The highest BCUT2D eigenvalue weighted by molar-refractivity contribution is 7.88. The third-order valence-electron chi connectivity index (χ3n) is 6.03. The van der Waals surface area contributed by atoms with Crippen molar-refractivity contribution in [1.82, 2.24) is 14.3 Å². The van der Waals surface area contributed by atoms with Gasteiger partial charge in [-0.3, -0.25) is 0 Å². The zero-order valence-corrected chi connectivity index (χ0v) is 17.5. The third kappa shape index (κ3) is 3.70. The summed E-state index contributed by atoms with van der Waals surface area (Å²) in [6.45, 7) is 9.05. The molecule has 28 heavy (non-hydrogen) atoms. The Morgan fingerprint density at radius 1 is 1.21 bits per heavy atom. The highest BCUT2D eigenvalue weighted by Gasteiger charge is 2.45. The first-order valence-electron chi connectivity index (χ1n) is 9.49. The maximum Gasteiger partial charge on any atom is 0.211 e. The molecule has 1 aromatic carbocycles. The molecule has 1 aliphatic rings. The highest BCUT2D eigenvalue weighted by Crippen LogP contribution is 2.48. The smallest absolute Gasteiger partial charge is 0.211 e. The molecule has 151 valence electrons. The first-order valence-corrected chi connectivity index (χ1v) is 11.3. The van der Waals surface area contributed by atoms with Crippen molar-refractivity contribution in [2.24, 2.45) is 5.92 Å². The summed E-state index contributed by atoms with van der Waals surface area (Å²) in [5, 5.41) is 0. The Hall–Kier alpha value is -1.86. The number of nitrogens with zero attached hydrogens (tertiary/aromatic N) is 3. The van der Waals surface area contributed by atoms with Gasteiger partial charge in [0.15, 0.2) is 0 Å². The van der Waals surface area contributed by atoms with E-state index in [4.69, 9.17) is 0 Å². The Morgan fingerprint density at radius 2 is 1.82 bits per heavy atom. The second-order valence-electron chi connectivity index (χ2n) is 7.59. The fourth-order valence-electron chi connectivity index (χ4n) is 4.74. The molecule has 1 radical (unpaired) electrons. The van der Waals surface area contributed by atoms with Gasteiger partial charge in [0.2, 0.25) is 10.0 Å². The van der Waals surface area contributed by atoms with E-state index in [1.165, 1.54) is 16.6 Å². The van der Waals surface area contributed by atoms with Gasteiger partial charge < -0.3 is 0 Å². The van der Waals surface area contributed by atoms with Crippen LogP contribution in [0, 0.1) is 32.5 Å². The first kappa shape index (κ1) is 20.9. The van der Waals surface area contributed by atoms with E-state index in [0.717, 1.165) is 22.5 Å². The van der Waals surface area contributed by atoms with E-state index >= 15 is 0 Å². The molecule has 3 rings (SSSR count). The minimum absolute atomic E-state index is 0.105. The van der Waals surface area contributed by atoms with Crippen molar-refractivity contribution in [2.75, 3.05) is 19.3 Å². The topological polar surface area (TPSA) is 63.2 Å². The summed E-state index contributed by atoms with van der Waals surface area (Å²) >= 11 is 0. The van der Waals surface area contributed by atoms with Gasteiger partial charge >= 0.3 is 0 Å². The van der Waals surface area contributed by atoms with Gasteiger partial charge in [0, 0.05) is 35.5 Å². The van der Waals surface area contributed by atoms with Crippen molar-refractivity contribution in [3.63, 3.8) is 0 Å². The van der Waals surface area contributed by atoms with E-state index in [0.29, 0.717) is 32.4 Å². The van der Waals surface area contributed by atoms with Gasteiger partial charge in [-0.15, -0.1) is 0 Å². The summed E-state index contributed by atoms with van der Waals surface area (Å²) in [7, 11) is -3.22. The van der Waals surface area contributed by atoms with Crippen molar-refractivity contribution in [2.45, 2.75) is 38.5 Å². The molecular formula is C21H27FN3O2S. The molecule has 0 aliphatic carbocycles. The van der Waals surface area contributed by atoms with Crippen molar-refractivity contribution in [3.8, 4) is 0 Å². The number of aromatic nitrogens is 2. The Morgan fingerprint density at radius 3 is 2.32 bits per heavy atom. The number of sulfonamides is 1. The van der Waals surface area contributed by atoms with Crippen LogP contribution in [-0.2, 0) is 15.4 Å². The van der Waals surface area contributed by atoms with Crippen LogP contribution >= 0.6 is 0 Å². The number of piperidine rings is 1. The molecule has 1 fully saturated rings. The Labute approximate surface area is 167 Å². The van der Waals surface area contributed by atoms with Crippen LogP contribution in [0.4, 0.5) is 4.39 Å². The largest absolute Gasteiger partial charge is 0.241 e. The summed E-state index contributed by atoms with van der Waals surface area (Å²) in [4.78, 5) is 8.82. The number of aryl methyl sites for hydroxylation is 2. The van der Waals surface area contributed by atoms with Gasteiger partial charge in [-0.05, 0) is 56.7 Å². The maximum absolute atomic E-state index is 14.2. The lowest BCUT2D eigenvalue weighted by Crippen LogP contribution is -2.46. The minimum Gasteiger partial charge on any atom is -0.241 e. The van der Waals surface area contributed by atoms with Gasteiger partial charge in [0.25, 0.3) is 0 Å². The van der Waals surface area contributed by atoms with E-state index in [1.807, 2.05) is 19.9 Å². The fourth-order valence-corrected chi connectivity index (χ4v) is 5.62. The molecule has 0 spiro atoms. The quantitative estimate of drug-likeness (QED) is 0.766. The SMILES string of the molecule is [CH2]C[C@](c1cccc(F)c1)(c1c(C)ncnc1C)C1CCN(S(C)(=O)=O)CC1. The van der Waals surface area contributed by atoms with Crippen LogP contribution in [0.3, 0.4) is 0 Å². The van der Waals surface area contributed by atoms with Gasteiger partial charge in [-0.2, -0.15) is 0 Å². The zero-order valence-electron chi connectivity index (χ0n) is 16.7. The normalized spacial score (nSPS) is 18.8. The molecule has 2 aromatic rings. The van der Waals surface area contributed by atoms with Crippen molar-refractivity contribution in [3.05, 3.63) is 65.8 Å². The molecular weight excluding hydrogens is 377 g/mol. The monoisotopic (exact) mass is 404 g/mol. The van der Waals surface area contributed by atoms with Crippen LogP contribution in [-0.4, -0.2) is 42.0 Å². The van der Waals surface area contributed by atoms with Crippen molar-refractivity contribution < 1.29 is 12.8 Å². The zero-order chi connectivity index (χ0) is 20.5. The highest BCUT2D eigenvalue weighted by atomic mass is 32.2. The first-order chi connectivity index (χ1) is 13.2. The summed E-state index contributed by atoms with van der Waals surface area (Å²) in [5.41, 5.74) is 2.97. The summed E-state index contributed by atoms with van der Waals surface area (Å²) in [6.07, 6.45) is 4.64. The number of halogens is 1. The lowest BCUT2D eigenvalue weighted by molar-refractivity contribution is 0.198. The van der Waals surface area contributed by atoms with Crippen LogP contribution < -0.4 is 0 Å². The fraction of sp³-hybridized carbons (Fsp3) is 0.476. The predicted molar refractivity (Wildman–Crippen MR) is 108 cm³/mol. The number of rotatable bonds is 5. The van der Waals surface area contributed by atoms with Gasteiger partial charge in [-0.1, -0.05) is 19.1 Å². The summed E-state index contributed by atoms with van der Waals surface area (Å²) in [6, 6.07) is 6.66. The van der Waals surface area contributed by atoms with Crippen LogP contribution in [0.1, 0.15) is 41.8 Å². The minimum atomic E-state index is -3.22. The molecule has 0 bridgehead atoms. The van der Waals surface area contributed by atoms with Crippen LogP contribution in [0.2, 0.25) is 0 Å². The summed E-state index contributed by atoms with van der Waals surface area (Å²) < 4.78 is 39.6. The second-order valence-corrected chi connectivity index (χ2v) is 9.57. The van der Waals surface area contributed by atoms with E-state index < -0.39 is 15.4 Å². The van der Waals surface area contributed by atoms with E-state index in [-0.39, 0.29) is 11.7 Å². The molecule has 1 saturated heterocycles. The molecule has 7 heteroatoms. The van der Waals surface area contributed by atoms with Crippen molar-refractivity contribution in [1.29, 1.82) is 0 Å². The average Bonchev–Trinajstić information content (AvgIpc) is 2.64. The predicted octanol–water partition coefficient (Wildman–Crippen LogP) is 3.41. The van der Waals surface area contributed by atoms with Crippen LogP contribution in [0.5, 0.6) is 0 Å². The number of hydrogen-bond donors (Lipinski definition) is 0. The third-order valence-corrected chi connectivity index (χ3v) is 7.33. The molecule has 0 saturated carbocycles. The van der Waals surface area contributed by atoms with E-state index in [2.05, 4.69) is 16.9 Å². The standard InChI is InChI=1S/C21H27FN3O2S/c1-5-21(18-7-6-8-19(22)13-18,20-15(2)23-14-24-16(20)3)17-9-11-25(12-10-17)28(4,26)27/h6-8,13-14,17H,1,5,9-12H2,2-4H3/t21-/m0/s1. The van der Waals surface area contributed by atoms with Gasteiger partial charge in [0.05, 0.1) is 6.26 Å². The molecule has 0 amide bonds. The maximum atomic E-state index is 14.2. The Kier molecular flexibility index (Phi) is 5.87. The molecule has 5 nitrogen and oxygen atoms in total. The summed E-state index contributed by atoms with van der Waals surface area (Å²) in [5.74, 6) is -0.191. The molecule has 0 unspecified atom stereocenters. The molecule has 1 aliphatic heterocycles. The number of benzene rings is 1. The molecule has 1 aromatic heterocycles. The average molecular weight is 405 g/mol.